The molecule has 11 rings (SSSR count). The van der Waals surface area contributed by atoms with Gasteiger partial charge in [0.25, 0.3) is 0 Å². The number of benzene rings is 5. The molecule has 6 aliphatic rings. The van der Waals surface area contributed by atoms with Gasteiger partial charge in [0.2, 0.25) is 47.5 Å². The minimum atomic E-state index is -2.19. The van der Waals surface area contributed by atoms with Crippen molar-refractivity contribution in [2.75, 3.05) is 27.2 Å². The number of ether oxygens (including phenoxy) is 4. The van der Waals surface area contributed by atoms with Crippen LogP contribution < -0.4 is 40.8 Å². The lowest BCUT2D eigenvalue weighted by molar-refractivity contribution is -0.277. The highest BCUT2D eigenvalue weighted by Crippen LogP contribution is 2.50. The van der Waals surface area contributed by atoms with Crippen molar-refractivity contribution in [1.82, 2.24) is 31.5 Å². The summed E-state index contributed by atoms with van der Waals surface area (Å²) in [7, 11) is 3.66. The highest BCUT2D eigenvalue weighted by Gasteiger charge is 2.47. The zero-order valence-electron chi connectivity index (χ0n) is 60.9. The van der Waals surface area contributed by atoms with E-state index in [4.69, 9.17) is 42.1 Å². The molecule has 6 heterocycles. The second-order valence-electron chi connectivity index (χ2n) is 28.8. The number of unbranched alkanes of at least 4 members (excludes halogenated alkanes) is 7. The number of amides is 6. The first-order chi connectivity index (χ1) is 51.4. The second kappa shape index (κ2) is 37.5. The number of aliphatic hydroxyl groups excluding tert-OH is 6. The molecule has 6 amide bonds. The van der Waals surface area contributed by atoms with E-state index in [0.29, 0.717) is 38.6 Å². The number of rotatable bonds is 24. The number of halogens is 2. The molecular weight excluding hydrogens is 1440 g/mol. The van der Waals surface area contributed by atoms with Gasteiger partial charge in [-0.1, -0.05) is 108 Å². The maximum absolute atomic E-state index is 16.4. The number of ketones is 3. The molecule has 0 aliphatic carbocycles. The number of carbonyl (C=O) groups is 9. The van der Waals surface area contributed by atoms with Crippen LogP contribution in [0.15, 0.2) is 78.9 Å². The summed E-state index contributed by atoms with van der Waals surface area (Å²) in [5, 5.41) is 116. The van der Waals surface area contributed by atoms with Crippen molar-refractivity contribution >= 4 is 76.0 Å². The maximum Gasteiger partial charge on any atom is 0.246 e. The van der Waals surface area contributed by atoms with Gasteiger partial charge < -0.3 is 91.1 Å². The van der Waals surface area contributed by atoms with Gasteiger partial charge in [-0.15, -0.1) is 0 Å². The molecule has 6 aliphatic heterocycles. The highest BCUT2D eigenvalue weighted by molar-refractivity contribution is 6.32. The van der Waals surface area contributed by atoms with E-state index in [0.717, 1.165) is 68.5 Å². The summed E-state index contributed by atoms with van der Waals surface area (Å²) in [6, 6.07) is 6.97. The van der Waals surface area contributed by atoms with E-state index in [-0.39, 0.29) is 85.7 Å². The second-order valence-corrected chi connectivity index (χ2v) is 29.6. The van der Waals surface area contributed by atoms with Gasteiger partial charge in [0, 0.05) is 55.2 Å². The highest BCUT2D eigenvalue weighted by atomic mass is 35.5. The number of hydrogen-bond donors (Lipinski definition) is 14. The van der Waals surface area contributed by atoms with E-state index in [1.54, 1.807) is 6.92 Å². The average Bonchev–Trinajstić information content (AvgIpc) is 0.768. The Balaban J connectivity index is 1.29. The Bertz CT molecular complexity index is 4140. The van der Waals surface area contributed by atoms with Crippen LogP contribution in [0.2, 0.25) is 10.0 Å². The lowest BCUT2D eigenvalue weighted by Gasteiger charge is -2.39. The first-order valence-corrected chi connectivity index (χ1v) is 37.3. The van der Waals surface area contributed by atoms with E-state index in [9.17, 15) is 65.1 Å². The Morgan fingerprint density at radius 1 is 0.639 bits per heavy atom. The molecule has 28 nitrogen and oxygen atoms in total. The third kappa shape index (κ3) is 20.4. The van der Waals surface area contributed by atoms with Crippen LogP contribution in [0.3, 0.4) is 0 Å². The Kier molecular flexibility index (Phi) is 28.9. The predicted molar refractivity (Wildman–Crippen MR) is 393 cm³/mol. The standard InChI is InChI=1S/C78H96Cl2N6O22/c1-7-9-10-11-12-13-14-18-61(94)81-62(95)33-44-30-54(92)66(84-74(101)39(8-2)26-38(3)4)68(96)41-20-23-56(49(79)28-41)105-58-31-43-32-59(73(58)108-78-72(100)71(99)70(98)60(37-87)107-78)106-57-24-21-42(29-50(57)80)69(97)67-77(104)83-65(52(90)17-15-16-25-86(5)6)48-34-45(88)35-53(91)63(48)47-27-40(19-22-51(47)89)46(76(103)85-67)36-55(93)64(43)82-75(44)102/h19-24,27-29,31-32,34-35,38-39,44,46,60,64-72,78,87-89,91,96-100H,7-18,25-26,30,33,36-37H2,1-6H3,(H,82,102)(H,83,104)(H,84,101)(H,85,103)(H,81,94,95)/t39-,44+,46-,60-,64-,65+,66+,67+,68-,69-,70-,71+,72-,78+/m1/s1. The summed E-state index contributed by atoms with van der Waals surface area (Å²) in [6.07, 6.45) is -9.86. The molecule has 14 N–H and O–H groups in total. The summed E-state index contributed by atoms with van der Waals surface area (Å²) >= 11 is 14.2. The molecular formula is C78H96Cl2N6O22. The van der Waals surface area contributed by atoms with Crippen LogP contribution in [0, 0.1) is 17.8 Å². The first kappa shape index (κ1) is 83.2. The minimum absolute atomic E-state index is 0.0206. The zero-order valence-corrected chi connectivity index (χ0v) is 62.4. The van der Waals surface area contributed by atoms with Gasteiger partial charge in [-0.2, -0.15) is 0 Å². The van der Waals surface area contributed by atoms with Crippen molar-refractivity contribution in [1.29, 1.82) is 0 Å². The average molecular weight is 1540 g/mol. The molecule has 30 heteroatoms. The predicted octanol–water partition coefficient (Wildman–Crippen LogP) is 7.80. The van der Waals surface area contributed by atoms with Crippen LogP contribution in [0.5, 0.6) is 46.0 Å². The maximum atomic E-state index is 16.4. The van der Waals surface area contributed by atoms with Crippen LogP contribution in [0.4, 0.5) is 0 Å². The number of hydrogen-bond acceptors (Lipinski definition) is 23. The lowest BCUT2D eigenvalue weighted by atomic mass is 9.84. The van der Waals surface area contributed by atoms with Crippen molar-refractivity contribution < 1.29 is 108 Å². The lowest BCUT2D eigenvalue weighted by Crippen LogP contribution is -2.60. The molecule has 5 aromatic carbocycles. The van der Waals surface area contributed by atoms with Crippen molar-refractivity contribution in [3.63, 3.8) is 0 Å². The molecule has 0 aromatic heterocycles. The number of Topliss-reactive ketones (excluding diaryl/α,β-unsaturated/α-hetero) is 3. The SMILES string of the molecule is CCCCCCCCCC(=O)NC(=O)C[C@@H]1CC(=O)[C@H](NC(=O)[C@H](CC)CC(C)C)[C@H](O)c2ccc(c(Cl)c2)Oc2cc3cc(c2O[C@@H]2O[C@H](CO)[C@@H](O)[C@H](O)[C@H]2O)Oc2ccc(cc2Cl)[C@@H](O)[C@@H]2NC(=O)[C@H](CC(=O)[C@@H]3NC1=O)c1ccc(O)c(c1)-c1c(O)cc(O)cc1[C@@H](C(=O)CCCCN(C)C)NC2=O. The van der Waals surface area contributed by atoms with Gasteiger partial charge in [0.1, 0.15) is 89.5 Å². The van der Waals surface area contributed by atoms with Crippen LogP contribution >= 0.6 is 23.2 Å². The molecule has 0 spiro atoms. The molecule has 1 fully saturated rings. The van der Waals surface area contributed by atoms with Gasteiger partial charge in [-0.05, 0) is 141 Å². The number of phenolic OH excluding ortho intramolecular Hbond substituents is 3. The van der Waals surface area contributed by atoms with E-state index in [1.807, 2.05) is 32.8 Å². The first-order valence-electron chi connectivity index (χ1n) is 36.5. The number of imide groups is 1. The van der Waals surface area contributed by atoms with Crippen LogP contribution in [-0.2, 0) is 47.9 Å². The fraction of sp³-hybridized carbons (Fsp3) is 0.500. The van der Waals surface area contributed by atoms with Crippen molar-refractivity contribution in [2.45, 2.75) is 203 Å². The molecule has 0 saturated carbocycles. The monoisotopic (exact) mass is 1540 g/mol. The molecule has 11 bridgehead atoms. The van der Waals surface area contributed by atoms with Crippen LogP contribution in [0.25, 0.3) is 11.1 Å². The normalized spacial score (nSPS) is 24.1. The van der Waals surface area contributed by atoms with Crippen molar-refractivity contribution in [3.8, 4) is 57.1 Å². The summed E-state index contributed by atoms with van der Waals surface area (Å²) < 4.78 is 25.4. The number of aliphatic hydroxyl groups is 6. The molecule has 14 atom stereocenters. The van der Waals surface area contributed by atoms with E-state index < -0.39 is 198 Å². The summed E-state index contributed by atoms with van der Waals surface area (Å²) in [6.45, 7) is 7.23. The number of aromatic hydroxyl groups is 3. The molecule has 584 valence electrons. The largest absolute Gasteiger partial charge is 0.508 e. The number of carbonyl (C=O) groups excluding carboxylic acids is 9. The number of nitrogens with zero attached hydrogens (tertiary/aromatic N) is 1. The van der Waals surface area contributed by atoms with Gasteiger partial charge in [0.15, 0.2) is 28.8 Å². The van der Waals surface area contributed by atoms with Crippen LogP contribution in [-0.4, -0.2) is 174 Å². The smallest absolute Gasteiger partial charge is 0.246 e. The Labute approximate surface area is 634 Å². The summed E-state index contributed by atoms with van der Waals surface area (Å²) in [5.41, 5.74) is -1.67. The number of phenols is 3. The molecule has 1 saturated heterocycles. The quantitative estimate of drug-likeness (QED) is 0.0262. The van der Waals surface area contributed by atoms with Crippen molar-refractivity contribution in [2.24, 2.45) is 17.8 Å². The molecule has 5 aromatic rings. The van der Waals surface area contributed by atoms with Crippen LogP contribution in [0.1, 0.15) is 188 Å². The summed E-state index contributed by atoms with van der Waals surface area (Å²) in [4.78, 5) is 138. The molecule has 108 heavy (non-hydrogen) atoms. The molecule has 0 radical (unpaired) electrons. The summed E-state index contributed by atoms with van der Waals surface area (Å²) in [5.74, 6) is -17.8. The van der Waals surface area contributed by atoms with E-state index in [1.165, 1.54) is 42.5 Å². The fourth-order valence-corrected chi connectivity index (χ4v) is 14.3. The zero-order chi connectivity index (χ0) is 78.5. The minimum Gasteiger partial charge on any atom is -0.508 e. The Morgan fingerprint density at radius 2 is 1.27 bits per heavy atom. The third-order valence-corrected chi connectivity index (χ3v) is 20.5. The molecule has 0 unspecified atom stereocenters. The fourth-order valence-electron chi connectivity index (χ4n) is 13.9. The van der Waals surface area contributed by atoms with Gasteiger partial charge >= 0.3 is 0 Å². The van der Waals surface area contributed by atoms with E-state index in [2.05, 4.69) is 33.5 Å². The third-order valence-electron chi connectivity index (χ3n) is 19.9. The Hall–Kier alpha value is -8.81. The van der Waals surface area contributed by atoms with Crippen molar-refractivity contribution in [3.05, 3.63) is 117 Å². The topological polar surface area (TPSA) is 436 Å². The number of nitrogens with one attached hydrogen (secondary N) is 5. The van der Waals surface area contributed by atoms with Gasteiger partial charge in [-0.25, -0.2) is 0 Å². The number of fused-ring (bicyclic) bond motifs is 15. The van der Waals surface area contributed by atoms with Gasteiger partial charge in [-0.3, -0.25) is 48.5 Å². The van der Waals surface area contributed by atoms with E-state index >= 15 is 24.0 Å². The Morgan fingerprint density at radius 3 is 1.89 bits per heavy atom. The van der Waals surface area contributed by atoms with Gasteiger partial charge in [0.05, 0.1) is 28.5 Å².